The number of hydrogen-bond acceptors (Lipinski definition) is 2. The van der Waals surface area contributed by atoms with E-state index in [4.69, 9.17) is 23.2 Å². The maximum atomic E-state index is 10.3. The molecular formula is C18H34Cl2O2. The molecule has 0 aliphatic heterocycles. The topological polar surface area (TPSA) is 34.1 Å². The molecule has 0 fully saturated rings. The number of rotatable bonds is 14. The molecule has 0 saturated heterocycles. The molecule has 0 aliphatic rings. The van der Waals surface area contributed by atoms with Crippen molar-refractivity contribution in [1.82, 2.24) is 0 Å². The van der Waals surface area contributed by atoms with Crippen molar-refractivity contribution < 1.29 is 9.59 Å². The Morgan fingerprint density at radius 3 is 1.09 bits per heavy atom. The molecule has 0 aromatic rings. The highest BCUT2D eigenvalue weighted by Gasteiger charge is 1.95. The lowest BCUT2D eigenvalue weighted by atomic mass is 10.1. The quantitative estimate of drug-likeness (QED) is 0.249. The second-order valence-electron chi connectivity index (χ2n) is 5.75. The average molecular weight is 353 g/mol. The van der Waals surface area contributed by atoms with Crippen LogP contribution in [0.15, 0.2) is 0 Å². The number of unbranched alkanes of at least 4 members (excludes halogenated alkanes) is 10. The van der Waals surface area contributed by atoms with Crippen LogP contribution >= 0.6 is 23.2 Å². The van der Waals surface area contributed by atoms with Gasteiger partial charge in [0.05, 0.1) is 0 Å². The molecule has 0 unspecified atom stereocenters. The van der Waals surface area contributed by atoms with Crippen LogP contribution in [-0.4, -0.2) is 10.5 Å². The van der Waals surface area contributed by atoms with Gasteiger partial charge in [0.2, 0.25) is 10.5 Å². The van der Waals surface area contributed by atoms with Gasteiger partial charge in [-0.3, -0.25) is 9.59 Å². The molecule has 0 aromatic carbocycles. The Hall–Kier alpha value is -0.0800. The first-order valence-electron chi connectivity index (χ1n) is 8.91. The Morgan fingerprint density at radius 2 is 0.818 bits per heavy atom. The van der Waals surface area contributed by atoms with Gasteiger partial charge in [0.25, 0.3) is 0 Å². The molecule has 2 nitrogen and oxygen atoms in total. The van der Waals surface area contributed by atoms with Crippen molar-refractivity contribution in [3.05, 3.63) is 0 Å². The van der Waals surface area contributed by atoms with Crippen molar-refractivity contribution in [3.8, 4) is 0 Å². The molecule has 0 radical (unpaired) electrons. The van der Waals surface area contributed by atoms with Crippen molar-refractivity contribution in [1.29, 1.82) is 0 Å². The molecule has 0 atom stereocenters. The van der Waals surface area contributed by atoms with Crippen molar-refractivity contribution in [2.45, 2.75) is 104 Å². The molecule has 132 valence electrons. The fourth-order valence-electron chi connectivity index (χ4n) is 2.09. The summed E-state index contributed by atoms with van der Waals surface area (Å²) in [5.41, 5.74) is 0. The maximum absolute atomic E-state index is 10.3. The van der Waals surface area contributed by atoms with Crippen LogP contribution in [0.5, 0.6) is 0 Å². The van der Waals surface area contributed by atoms with E-state index in [0.29, 0.717) is 12.8 Å². The van der Waals surface area contributed by atoms with E-state index in [1.54, 1.807) is 0 Å². The van der Waals surface area contributed by atoms with Gasteiger partial charge in [0.1, 0.15) is 0 Å². The molecule has 0 rings (SSSR count). The van der Waals surface area contributed by atoms with E-state index in [1.807, 2.05) is 0 Å². The van der Waals surface area contributed by atoms with Crippen LogP contribution in [0.1, 0.15) is 104 Å². The van der Waals surface area contributed by atoms with Crippen molar-refractivity contribution >= 4 is 33.7 Å². The van der Waals surface area contributed by atoms with Crippen LogP contribution in [0.25, 0.3) is 0 Å². The minimum Gasteiger partial charge on any atom is -0.281 e. The Morgan fingerprint density at radius 1 is 0.545 bits per heavy atom. The molecule has 0 N–H and O–H groups in total. The van der Waals surface area contributed by atoms with Crippen LogP contribution in [0.2, 0.25) is 0 Å². The molecule has 22 heavy (non-hydrogen) atoms. The maximum Gasteiger partial charge on any atom is 0.221 e. The normalized spacial score (nSPS) is 10.0. The first kappa shape index (κ1) is 24.2. The van der Waals surface area contributed by atoms with Gasteiger partial charge in [-0.25, -0.2) is 0 Å². The summed E-state index contributed by atoms with van der Waals surface area (Å²) in [6.45, 7) is 4.39. The summed E-state index contributed by atoms with van der Waals surface area (Å²) in [7, 11) is 0. The predicted octanol–water partition coefficient (Wildman–Crippen LogP) is 7.00. The van der Waals surface area contributed by atoms with E-state index >= 15 is 0 Å². The van der Waals surface area contributed by atoms with Crippen molar-refractivity contribution in [2.24, 2.45) is 0 Å². The third-order valence-electron chi connectivity index (χ3n) is 3.45. The third-order valence-corrected chi connectivity index (χ3v) is 3.83. The molecule has 0 saturated carbocycles. The van der Waals surface area contributed by atoms with E-state index < -0.39 is 0 Å². The van der Waals surface area contributed by atoms with Crippen LogP contribution in [0, 0.1) is 0 Å². The minimum absolute atomic E-state index is 0.191. The van der Waals surface area contributed by atoms with Gasteiger partial charge in [-0.2, -0.15) is 0 Å². The minimum atomic E-state index is -0.198. The van der Waals surface area contributed by atoms with Gasteiger partial charge in [-0.1, -0.05) is 78.1 Å². The zero-order valence-corrected chi connectivity index (χ0v) is 16.0. The average Bonchev–Trinajstić information content (AvgIpc) is 2.46. The molecule has 4 heteroatoms. The van der Waals surface area contributed by atoms with Gasteiger partial charge in [-0.05, 0) is 36.0 Å². The Bertz CT molecular complexity index is 255. The number of halogens is 2. The second kappa shape index (κ2) is 20.9. The lowest BCUT2D eigenvalue weighted by Crippen LogP contribution is -1.86. The van der Waals surface area contributed by atoms with Gasteiger partial charge in [-0.15, -0.1) is 0 Å². The summed E-state index contributed by atoms with van der Waals surface area (Å²) in [4.78, 5) is 20.6. The van der Waals surface area contributed by atoms with Gasteiger partial charge in [0.15, 0.2) is 0 Å². The fourth-order valence-corrected chi connectivity index (χ4v) is 2.36. The highest BCUT2D eigenvalue weighted by Crippen LogP contribution is 2.09. The molecule has 0 aromatic heterocycles. The van der Waals surface area contributed by atoms with E-state index in [9.17, 15) is 9.59 Å². The van der Waals surface area contributed by atoms with Crippen LogP contribution in [-0.2, 0) is 9.59 Å². The van der Waals surface area contributed by atoms with Crippen LogP contribution < -0.4 is 0 Å². The van der Waals surface area contributed by atoms with E-state index in [-0.39, 0.29) is 10.5 Å². The highest BCUT2D eigenvalue weighted by atomic mass is 35.5. The SMILES string of the molecule is CCCCCCCC(=O)Cl.CCCCCCCCCC(=O)Cl. The van der Waals surface area contributed by atoms with Crippen LogP contribution in [0.3, 0.4) is 0 Å². The zero-order chi connectivity index (χ0) is 17.1. The first-order valence-corrected chi connectivity index (χ1v) is 9.66. The predicted molar refractivity (Wildman–Crippen MR) is 97.7 cm³/mol. The Balaban J connectivity index is 0. The molecule has 0 amide bonds. The first-order chi connectivity index (χ1) is 10.5. The van der Waals surface area contributed by atoms with Crippen molar-refractivity contribution in [3.63, 3.8) is 0 Å². The molecular weight excluding hydrogens is 319 g/mol. The van der Waals surface area contributed by atoms with Gasteiger partial charge in [0, 0.05) is 12.8 Å². The molecule has 0 spiro atoms. The van der Waals surface area contributed by atoms with Gasteiger partial charge >= 0.3 is 0 Å². The smallest absolute Gasteiger partial charge is 0.221 e. The largest absolute Gasteiger partial charge is 0.281 e. The zero-order valence-electron chi connectivity index (χ0n) is 14.5. The molecule has 0 aliphatic carbocycles. The summed E-state index contributed by atoms with van der Waals surface area (Å²) in [5, 5.41) is -0.389. The fraction of sp³-hybridized carbons (Fsp3) is 0.889. The Labute approximate surface area is 147 Å². The van der Waals surface area contributed by atoms with Crippen LogP contribution in [0.4, 0.5) is 0 Å². The monoisotopic (exact) mass is 352 g/mol. The molecule has 0 heterocycles. The summed E-state index contributed by atoms with van der Waals surface area (Å²) in [6.07, 6.45) is 15.6. The van der Waals surface area contributed by atoms with E-state index in [2.05, 4.69) is 13.8 Å². The lowest BCUT2D eigenvalue weighted by Gasteiger charge is -1.98. The molecule has 0 bridgehead atoms. The Kier molecular flexibility index (Phi) is 23.0. The third kappa shape index (κ3) is 28.1. The summed E-state index contributed by atoms with van der Waals surface area (Å²) in [6, 6.07) is 0. The second-order valence-corrected chi connectivity index (χ2v) is 6.59. The van der Waals surface area contributed by atoms with Gasteiger partial charge < -0.3 is 0 Å². The lowest BCUT2D eigenvalue weighted by molar-refractivity contribution is -0.112. The highest BCUT2D eigenvalue weighted by molar-refractivity contribution is 6.63. The number of carbonyl (C=O) groups is 2. The number of hydrogen-bond donors (Lipinski definition) is 0. The summed E-state index contributed by atoms with van der Waals surface area (Å²) in [5.74, 6) is 0. The van der Waals surface area contributed by atoms with E-state index in [1.165, 1.54) is 51.4 Å². The number of carbonyl (C=O) groups excluding carboxylic acids is 2. The van der Waals surface area contributed by atoms with Crippen molar-refractivity contribution in [2.75, 3.05) is 0 Å². The standard InChI is InChI=1S/C10H19ClO.C8H15ClO/c1-2-3-4-5-6-7-8-9-10(11)12;1-2-3-4-5-6-7-8(9)10/h2-9H2,1H3;2-7H2,1H3. The summed E-state index contributed by atoms with van der Waals surface area (Å²) >= 11 is 10.4. The summed E-state index contributed by atoms with van der Waals surface area (Å²) < 4.78 is 0. The van der Waals surface area contributed by atoms with E-state index in [0.717, 1.165) is 25.7 Å².